The highest BCUT2D eigenvalue weighted by Crippen LogP contribution is 2.33. The van der Waals surface area contributed by atoms with Gasteiger partial charge in [-0.3, -0.25) is 9.36 Å². The van der Waals surface area contributed by atoms with Gasteiger partial charge in [0.2, 0.25) is 6.79 Å². The fourth-order valence-electron chi connectivity index (χ4n) is 3.94. The average Bonchev–Trinajstić information content (AvgIpc) is 3.37. The summed E-state index contributed by atoms with van der Waals surface area (Å²) in [4.78, 5) is 31.2. The molecule has 3 heterocycles. The summed E-state index contributed by atoms with van der Waals surface area (Å²) in [6.45, 7) is 3.65. The lowest BCUT2D eigenvalue weighted by Crippen LogP contribution is -2.40. The maximum Gasteiger partial charge on any atom is 0.338 e. The first-order valence-electron chi connectivity index (χ1n) is 10.3. The van der Waals surface area contributed by atoms with Crippen LogP contribution in [-0.4, -0.2) is 23.9 Å². The van der Waals surface area contributed by atoms with Crippen molar-refractivity contribution in [2.24, 2.45) is 4.99 Å². The Morgan fingerprint density at radius 3 is 2.85 bits per heavy atom. The van der Waals surface area contributed by atoms with Crippen LogP contribution in [0.1, 0.15) is 31.0 Å². The summed E-state index contributed by atoms with van der Waals surface area (Å²) in [6.07, 6.45) is 1.72. The molecule has 0 amide bonds. The van der Waals surface area contributed by atoms with E-state index in [2.05, 4.69) is 4.99 Å². The normalized spacial score (nSPS) is 17.1. The number of ether oxygens (including phenoxy) is 3. The van der Waals surface area contributed by atoms with Crippen molar-refractivity contribution in [3.05, 3.63) is 90.4 Å². The van der Waals surface area contributed by atoms with Gasteiger partial charge in [-0.25, -0.2) is 14.2 Å². The average molecular weight is 466 g/mol. The summed E-state index contributed by atoms with van der Waals surface area (Å²) in [5.74, 6) is 0.0884. The number of fused-ring (bicyclic) bond motifs is 2. The predicted molar refractivity (Wildman–Crippen MR) is 119 cm³/mol. The maximum absolute atomic E-state index is 14.9. The predicted octanol–water partition coefficient (Wildman–Crippen LogP) is 2.67. The van der Waals surface area contributed by atoms with Crippen LogP contribution in [0.2, 0.25) is 0 Å². The van der Waals surface area contributed by atoms with E-state index >= 15 is 0 Å². The van der Waals surface area contributed by atoms with Crippen LogP contribution in [0.5, 0.6) is 11.5 Å². The molecule has 0 N–H and O–H groups in total. The number of nitrogens with zero attached hydrogens (tertiary/aromatic N) is 2. The number of halogens is 1. The molecule has 7 nitrogen and oxygen atoms in total. The molecule has 5 rings (SSSR count). The van der Waals surface area contributed by atoms with Crippen molar-refractivity contribution in [3.63, 3.8) is 0 Å². The number of esters is 1. The van der Waals surface area contributed by atoms with Crippen molar-refractivity contribution >= 4 is 23.4 Å². The summed E-state index contributed by atoms with van der Waals surface area (Å²) in [5, 5.41) is 0. The Kier molecular flexibility index (Phi) is 5.33. The lowest BCUT2D eigenvalue weighted by Gasteiger charge is -2.24. The largest absolute Gasteiger partial charge is 0.463 e. The lowest BCUT2D eigenvalue weighted by atomic mass is 9.95. The molecule has 0 saturated carbocycles. The van der Waals surface area contributed by atoms with Gasteiger partial charge in [-0.1, -0.05) is 35.6 Å². The quantitative estimate of drug-likeness (QED) is 0.553. The molecule has 1 aromatic heterocycles. The zero-order chi connectivity index (χ0) is 23.1. The summed E-state index contributed by atoms with van der Waals surface area (Å²) in [6, 6.07) is 10.5. The first kappa shape index (κ1) is 21.1. The zero-order valence-corrected chi connectivity index (χ0v) is 18.6. The first-order valence-corrected chi connectivity index (χ1v) is 11.1. The van der Waals surface area contributed by atoms with Crippen LogP contribution in [0.25, 0.3) is 6.08 Å². The van der Waals surface area contributed by atoms with Crippen molar-refractivity contribution in [1.82, 2.24) is 4.57 Å². The van der Waals surface area contributed by atoms with Crippen LogP contribution in [0.4, 0.5) is 4.39 Å². The van der Waals surface area contributed by atoms with Gasteiger partial charge in [-0.05, 0) is 43.7 Å². The van der Waals surface area contributed by atoms with Gasteiger partial charge in [0.15, 0.2) is 16.3 Å². The van der Waals surface area contributed by atoms with E-state index in [4.69, 9.17) is 14.2 Å². The number of hydrogen-bond acceptors (Lipinski definition) is 7. The van der Waals surface area contributed by atoms with Crippen LogP contribution in [0, 0.1) is 5.82 Å². The minimum Gasteiger partial charge on any atom is -0.463 e. The van der Waals surface area contributed by atoms with Gasteiger partial charge in [0, 0.05) is 5.56 Å². The molecule has 0 fully saturated rings. The fraction of sp³-hybridized carbons (Fsp3) is 0.208. The second-order valence-electron chi connectivity index (χ2n) is 7.44. The monoisotopic (exact) mass is 466 g/mol. The summed E-state index contributed by atoms with van der Waals surface area (Å²) in [7, 11) is 0. The van der Waals surface area contributed by atoms with Crippen molar-refractivity contribution in [1.29, 1.82) is 0 Å². The second kappa shape index (κ2) is 8.32. The maximum atomic E-state index is 14.9. The lowest BCUT2D eigenvalue weighted by molar-refractivity contribution is -0.139. The van der Waals surface area contributed by atoms with E-state index < -0.39 is 17.8 Å². The molecule has 9 heteroatoms. The molecule has 33 heavy (non-hydrogen) atoms. The van der Waals surface area contributed by atoms with Gasteiger partial charge in [0.25, 0.3) is 5.56 Å². The summed E-state index contributed by atoms with van der Waals surface area (Å²) in [5.41, 5.74) is 1.10. The van der Waals surface area contributed by atoms with E-state index in [9.17, 15) is 14.0 Å². The van der Waals surface area contributed by atoms with Gasteiger partial charge in [0.05, 0.1) is 22.4 Å². The van der Waals surface area contributed by atoms with Crippen molar-refractivity contribution in [2.75, 3.05) is 13.4 Å². The SMILES string of the molecule is CCOC(=O)C1=C(C)N=c2s/c(=C\c3ccc4c(c3)OCO4)c(=O)n2[C@@H]1c1ccccc1F. The second-order valence-corrected chi connectivity index (χ2v) is 8.45. The van der Waals surface area contributed by atoms with E-state index in [1.165, 1.54) is 22.0 Å². The number of allylic oxidation sites excluding steroid dienone is 1. The Morgan fingerprint density at radius 2 is 2.06 bits per heavy atom. The molecule has 168 valence electrons. The number of benzene rings is 2. The topological polar surface area (TPSA) is 79.1 Å². The fourth-order valence-corrected chi connectivity index (χ4v) is 4.98. The Hall–Kier alpha value is -3.72. The Balaban J connectivity index is 1.71. The Bertz CT molecular complexity index is 1490. The minimum atomic E-state index is -0.986. The van der Waals surface area contributed by atoms with Crippen LogP contribution in [-0.2, 0) is 9.53 Å². The van der Waals surface area contributed by atoms with E-state index in [1.54, 1.807) is 50.3 Å². The number of hydrogen-bond donors (Lipinski definition) is 0. The molecular formula is C24H19FN2O5S. The van der Waals surface area contributed by atoms with Crippen LogP contribution >= 0.6 is 11.3 Å². The highest BCUT2D eigenvalue weighted by molar-refractivity contribution is 7.07. The molecule has 0 radical (unpaired) electrons. The number of carbonyl (C=O) groups is 1. The first-order chi connectivity index (χ1) is 16.0. The van der Waals surface area contributed by atoms with Gasteiger partial charge in [-0.15, -0.1) is 0 Å². The third kappa shape index (κ3) is 3.64. The van der Waals surface area contributed by atoms with Gasteiger partial charge < -0.3 is 14.2 Å². The molecule has 0 spiro atoms. The number of thiazole rings is 1. The van der Waals surface area contributed by atoms with Crippen LogP contribution in [0.15, 0.2) is 63.5 Å². The minimum absolute atomic E-state index is 0.143. The number of carbonyl (C=O) groups excluding carboxylic acids is 1. The smallest absolute Gasteiger partial charge is 0.338 e. The van der Waals surface area contributed by atoms with Crippen LogP contribution < -0.4 is 24.4 Å². The van der Waals surface area contributed by atoms with Gasteiger partial charge >= 0.3 is 5.97 Å². The third-order valence-corrected chi connectivity index (χ3v) is 6.39. The molecule has 0 bridgehead atoms. The van der Waals surface area contributed by atoms with E-state index in [1.807, 2.05) is 6.07 Å². The molecule has 0 aliphatic carbocycles. The third-order valence-electron chi connectivity index (χ3n) is 5.41. The number of rotatable bonds is 4. The van der Waals surface area contributed by atoms with Crippen molar-refractivity contribution < 1.29 is 23.4 Å². The summed E-state index contributed by atoms with van der Waals surface area (Å²) >= 11 is 1.17. The van der Waals surface area contributed by atoms with E-state index in [0.29, 0.717) is 26.5 Å². The molecule has 0 unspecified atom stereocenters. The molecule has 2 aliphatic heterocycles. The highest BCUT2D eigenvalue weighted by Gasteiger charge is 2.34. The zero-order valence-electron chi connectivity index (χ0n) is 17.8. The molecule has 0 saturated heterocycles. The van der Waals surface area contributed by atoms with Gasteiger partial charge in [-0.2, -0.15) is 0 Å². The molecule has 3 aromatic rings. The van der Waals surface area contributed by atoms with Crippen LogP contribution in [0.3, 0.4) is 0 Å². The number of aromatic nitrogens is 1. The van der Waals surface area contributed by atoms with Crippen molar-refractivity contribution in [2.45, 2.75) is 19.9 Å². The molecular weight excluding hydrogens is 447 g/mol. The van der Waals surface area contributed by atoms with E-state index in [0.717, 1.165) is 5.56 Å². The van der Waals surface area contributed by atoms with Gasteiger partial charge in [0.1, 0.15) is 11.9 Å². The standard InChI is InChI=1S/C24H19FN2O5S/c1-3-30-23(29)20-13(2)26-24-27(21(20)15-6-4-5-7-16(15)25)22(28)19(33-24)11-14-8-9-17-18(10-14)32-12-31-17/h4-11,21H,3,12H2,1-2H3/b19-11-/t21-/m1/s1. The molecule has 2 aromatic carbocycles. The molecule has 2 aliphatic rings. The van der Waals surface area contributed by atoms with E-state index in [-0.39, 0.29) is 30.1 Å². The Morgan fingerprint density at radius 1 is 1.27 bits per heavy atom. The molecule has 1 atom stereocenters. The highest BCUT2D eigenvalue weighted by atomic mass is 32.1. The Labute approximate surface area is 191 Å². The summed E-state index contributed by atoms with van der Waals surface area (Å²) < 4.78 is 32.6. The van der Waals surface area contributed by atoms with Crippen molar-refractivity contribution in [3.8, 4) is 11.5 Å².